The van der Waals surface area contributed by atoms with Gasteiger partial charge in [-0.2, -0.15) is 0 Å². The Morgan fingerprint density at radius 2 is 1.95 bits per heavy atom. The first-order chi connectivity index (χ1) is 9.17. The van der Waals surface area contributed by atoms with Crippen molar-refractivity contribution in [2.75, 3.05) is 59.1 Å². The molecule has 1 atom stereocenters. The smallest absolute Gasteiger partial charge is 0.0615 e. The molecule has 0 aromatic heterocycles. The van der Waals surface area contributed by atoms with Gasteiger partial charge in [0, 0.05) is 51.9 Å². The van der Waals surface area contributed by atoms with Crippen molar-refractivity contribution in [2.45, 2.75) is 25.8 Å². The van der Waals surface area contributed by atoms with E-state index in [1.54, 1.807) is 14.2 Å². The molecule has 1 fully saturated rings. The molecule has 1 aliphatic rings. The van der Waals surface area contributed by atoms with Crippen LogP contribution in [-0.2, 0) is 14.2 Å². The standard InChI is InChI=1S/C14H28BrNO3/c1-13(10-18-3)16(6-9-17-2)12-14(11-15)4-7-19-8-5-14/h13H,4-12H2,1-3H3. The van der Waals surface area contributed by atoms with Gasteiger partial charge in [-0.3, -0.25) is 4.90 Å². The van der Waals surface area contributed by atoms with E-state index >= 15 is 0 Å². The maximum Gasteiger partial charge on any atom is 0.0615 e. The van der Waals surface area contributed by atoms with Crippen LogP contribution in [0.3, 0.4) is 0 Å². The van der Waals surface area contributed by atoms with Crippen LogP contribution in [-0.4, -0.2) is 70.0 Å². The minimum atomic E-state index is 0.327. The topological polar surface area (TPSA) is 30.9 Å². The highest BCUT2D eigenvalue weighted by molar-refractivity contribution is 9.09. The summed E-state index contributed by atoms with van der Waals surface area (Å²) in [7, 11) is 3.52. The van der Waals surface area contributed by atoms with Gasteiger partial charge in [0.1, 0.15) is 0 Å². The molecule has 114 valence electrons. The van der Waals surface area contributed by atoms with Crippen LogP contribution in [0, 0.1) is 5.41 Å². The van der Waals surface area contributed by atoms with Crippen molar-refractivity contribution in [2.24, 2.45) is 5.41 Å². The fraction of sp³-hybridized carbons (Fsp3) is 1.00. The van der Waals surface area contributed by atoms with Crippen LogP contribution in [0.25, 0.3) is 0 Å². The van der Waals surface area contributed by atoms with Crippen molar-refractivity contribution in [3.05, 3.63) is 0 Å². The van der Waals surface area contributed by atoms with Gasteiger partial charge in [0.2, 0.25) is 0 Å². The Labute approximate surface area is 125 Å². The molecule has 1 saturated heterocycles. The number of methoxy groups -OCH3 is 2. The second-order valence-electron chi connectivity index (χ2n) is 5.51. The van der Waals surface area contributed by atoms with Crippen LogP contribution in [0.2, 0.25) is 0 Å². The quantitative estimate of drug-likeness (QED) is 0.603. The van der Waals surface area contributed by atoms with Crippen LogP contribution >= 0.6 is 15.9 Å². The molecule has 0 aromatic carbocycles. The lowest BCUT2D eigenvalue weighted by molar-refractivity contribution is -0.0114. The molecular weight excluding hydrogens is 310 g/mol. The van der Waals surface area contributed by atoms with Crippen LogP contribution in [0.15, 0.2) is 0 Å². The minimum Gasteiger partial charge on any atom is -0.383 e. The maximum atomic E-state index is 5.51. The third-order valence-corrected chi connectivity index (χ3v) is 5.18. The molecule has 0 saturated carbocycles. The van der Waals surface area contributed by atoms with E-state index in [0.29, 0.717) is 11.5 Å². The fourth-order valence-electron chi connectivity index (χ4n) is 2.58. The first kappa shape index (κ1) is 17.4. The van der Waals surface area contributed by atoms with E-state index in [1.165, 1.54) is 0 Å². The Morgan fingerprint density at radius 3 is 2.47 bits per heavy atom. The highest BCUT2D eigenvalue weighted by Crippen LogP contribution is 2.34. The summed E-state index contributed by atoms with van der Waals surface area (Å²) in [5.41, 5.74) is 0.327. The molecule has 0 spiro atoms. The zero-order valence-electron chi connectivity index (χ0n) is 12.5. The third kappa shape index (κ3) is 5.68. The number of ether oxygens (including phenoxy) is 3. The normalized spacial score (nSPS) is 20.7. The van der Waals surface area contributed by atoms with Crippen molar-refractivity contribution in [1.29, 1.82) is 0 Å². The first-order valence-electron chi connectivity index (χ1n) is 7.03. The molecule has 4 nitrogen and oxygen atoms in total. The predicted octanol–water partition coefficient (Wildman–Crippen LogP) is 2.16. The summed E-state index contributed by atoms with van der Waals surface area (Å²) in [6.07, 6.45) is 2.25. The van der Waals surface area contributed by atoms with E-state index in [0.717, 1.165) is 57.7 Å². The van der Waals surface area contributed by atoms with Crippen molar-refractivity contribution in [3.63, 3.8) is 0 Å². The van der Waals surface area contributed by atoms with E-state index in [-0.39, 0.29) is 0 Å². The molecule has 1 aliphatic heterocycles. The first-order valence-corrected chi connectivity index (χ1v) is 8.15. The van der Waals surface area contributed by atoms with Gasteiger partial charge >= 0.3 is 0 Å². The average molecular weight is 338 g/mol. The molecule has 0 aromatic rings. The summed E-state index contributed by atoms with van der Waals surface area (Å²) >= 11 is 3.71. The monoisotopic (exact) mass is 337 g/mol. The van der Waals surface area contributed by atoms with Crippen molar-refractivity contribution in [1.82, 2.24) is 4.90 Å². The summed E-state index contributed by atoms with van der Waals surface area (Å²) in [5, 5.41) is 1.03. The third-order valence-electron chi connectivity index (χ3n) is 3.99. The lowest BCUT2D eigenvalue weighted by Gasteiger charge is -2.41. The molecule has 0 radical (unpaired) electrons. The van der Waals surface area contributed by atoms with Gasteiger partial charge in [0.15, 0.2) is 0 Å². The highest BCUT2D eigenvalue weighted by atomic mass is 79.9. The van der Waals surface area contributed by atoms with Gasteiger partial charge in [0.25, 0.3) is 0 Å². The maximum absolute atomic E-state index is 5.51. The second kappa shape index (κ2) is 9.29. The van der Waals surface area contributed by atoms with E-state index in [4.69, 9.17) is 14.2 Å². The molecule has 0 aliphatic carbocycles. The van der Waals surface area contributed by atoms with Crippen LogP contribution in [0.1, 0.15) is 19.8 Å². The predicted molar refractivity (Wildman–Crippen MR) is 81.1 cm³/mol. The fourth-order valence-corrected chi connectivity index (χ4v) is 3.32. The van der Waals surface area contributed by atoms with Gasteiger partial charge in [-0.25, -0.2) is 0 Å². The molecule has 1 heterocycles. The Balaban J connectivity index is 2.61. The Morgan fingerprint density at radius 1 is 1.26 bits per heavy atom. The van der Waals surface area contributed by atoms with Gasteiger partial charge in [-0.1, -0.05) is 15.9 Å². The molecule has 1 rings (SSSR count). The van der Waals surface area contributed by atoms with Crippen LogP contribution in [0.5, 0.6) is 0 Å². The highest BCUT2D eigenvalue weighted by Gasteiger charge is 2.34. The Bertz CT molecular complexity index is 235. The number of nitrogens with zero attached hydrogens (tertiary/aromatic N) is 1. The zero-order valence-corrected chi connectivity index (χ0v) is 14.1. The van der Waals surface area contributed by atoms with E-state index in [9.17, 15) is 0 Å². The lowest BCUT2D eigenvalue weighted by atomic mass is 9.81. The minimum absolute atomic E-state index is 0.327. The number of halogens is 1. The Kier molecular flexibility index (Phi) is 8.50. The van der Waals surface area contributed by atoms with E-state index in [2.05, 4.69) is 27.8 Å². The summed E-state index contributed by atoms with van der Waals surface area (Å²) in [4.78, 5) is 2.49. The van der Waals surface area contributed by atoms with Gasteiger partial charge in [-0.15, -0.1) is 0 Å². The summed E-state index contributed by atoms with van der Waals surface area (Å²) in [6, 6.07) is 0.416. The zero-order chi connectivity index (χ0) is 14.1. The van der Waals surface area contributed by atoms with E-state index in [1.807, 2.05) is 0 Å². The van der Waals surface area contributed by atoms with Crippen LogP contribution in [0.4, 0.5) is 0 Å². The summed E-state index contributed by atoms with van der Waals surface area (Å²) in [5.74, 6) is 0. The van der Waals surface area contributed by atoms with Crippen molar-refractivity contribution in [3.8, 4) is 0 Å². The van der Waals surface area contributed by atoms with E-state index < -0.39 is 0 Å². The molecule has 5 heteroatoms. The molecule has 19 heavy (non-hydrogen) atoms. The lowest BCUT2D eigenvalue weighted by Crippen LogP contribution is -2.48. The summed E-state index contributed by atoms with van der Waals surface area (Å²) < 4.78 is 16.0. The molecular formula is C14H28BrNO3. The number of hydrogen-bond donors (Lipinski definition) is 0. The molecule has 0 bridgehead atoms. The van der Waals surface area contributed by atoms with Gasteiger partial charge in [-0.05, 0) is 25.2 Å². The van der Waals surface area contributed by atoms with Crippen LogP contribution < -0.4 is 0 Å². The van der Waals surface area contributed by atoms with Gasteiger partial charge < -0.3 is 14.2 Å². The molecule has 0 N–H and O–H groups in total. The average Bonchev–Trinajstić information content (AvgIpc) is 2.44. The SMILES string of the molecule is COCCN(CC1(CBr)CCOCC1)C(C)COC. The van der Waals surface area contributed by atoms with Gasteiger partial charge in [0.05, 0.1) is 13.2 Å². The Hall–Kier alpha value is 0.320. The number of alkyl halides is 1. The summed E-state index contributed by atoms with van der Waals surface area (Å²) in [6.45, 7) is 7.54. The number of hydrogen-bond acceptors (Lipinski definition) is 4. The number of rotatable bonds is 9. The molecule has 1 unspecified atom stereocenters. The van der Waals surface area contributed by atoms with Crippen molar-refractivity contribution >= 4 is 15.9 Å². The largest absolute Gasteiger partial charge is 0.383 e. The van der Waals surface area contributed by atoms with Crippen molar-refractivity contribution < 1.29 is 14.2 Å². The second-order valence-corrected chi connectivity index (χ2v) is 6.07. The molecule has 0 amide bonds.